The average Bonchev–Trinajstić information content (AvgIpc) is 3.29. The molecule has 0 aliphatic carbocycles. The number of halogens is 4. The number of fused-ring (bicyclic) bond motifs is 1. The zero-order valence-electron chi connectivity index (χ0n) is 17.7. The lowest BCUT2D eigenvalue weighted by molar-refractivity contribution is -0.131. The molecule has 8 heteroatoms. The first kappa shape index (κ1) is 23.7. The maximum absolute atomic E-state index is 15.7. The Balaban J connectivity index is 2.00. The molecule has 34 heavy (non-hydrogen) atoms. The third-order valence-corrected chi connectivity index (χ3v) is 5.90. The van der Waals surface area contributed by atoms with E-state index in [9.17, 15) is 9.18 Å². The molecule has 4 aromatic rings. The SMILES string of the molecule is O=C(O)/C=C/c1ccc(/C(=C(/CCF)c2ccc(Cl)cc2Cl)c2ccc3[nH]ncc3c2F)cc1. The van der Waals surface area contributed by atoms with Gasteiger partial charge in [-0.1, -0.05) is 53.5 Å². The first-order chi connectivity index (χ1) is 16.4. The molecule has 0 unspecified atom stereocenters. The quantitative estimate of drug-likeness (QED) is 0.205. The number of carboxylic acids is 1. The van der Waals surface area contributed by atoms with Gasteiger partial charge in [0, 0.05) is 28.1 Å². The lowest BCUT2D eigenvalue weighted by Gasteiger charge is -2.18. The number of aromatic nitrogens is 2. The van der Waals surface area contributed by atoms with Crippen molar-refractivity contribution in [1.82, 2.24) is 10.2 Å². The number of hydrogen-bond acceptors (Lipinski definition) is 2. The van der Waals surface area contributed by atoms with E-state index in [2.05, 4.69) is 10.2 Å². The van der Waals surface area contributed by atoms with Crippen molar-refractivity contribution in [3.8, 4) is 0 Å². The lowest BCUT2D eigenvalue weighted by Crippen LogP contribution is -2.00. The summed E-state index contributed by atoms with van der Waals surface area (Å²) in [5.74, 6) is -1.57. The summed E-state index contributed by atoms with van der Waals surface area (Å²) in [7, 11) is 0. The number of rotatable bonds is 7. The van der Waals surface area contributed by atoms with Crippen molar-refractivity contribution in [1.29, 1.82) is 0 Å². The Hall–Kier alpha value is -3.48. The van der Waals surface area contributed by atoms with Gasteiger partial charge in [0.15, 0.2) is 0 Å². The molecule has 0 saturated carbocycles. The highest BCUT2D eigenvalue weighted by Crippen LogP contribution is 2.40. The normalized spacial score (nSPS) is 12.4. The molecular weight excluding hydrogens is 481 g/mol. The fraction of sp³-hybridized carbons (Fsp3) is 0.0769. The minimum atomic E-state index is -1.07. The number of hydrogen-bond donors (Lipinski definition) is 2. The number of H-pyrrole nitrogens is 1. The first-order valence-corrected chi connectivity index (χ1v) is 11.0. The number of carboxylic acid groups (broad SMARTS) is 1. The van der Waals surface area contributed by atoms with Gasteiger partial charge in [-0.3, -0.25) is 9.49 Å². The molecule has 3 aromatic carbocycles. The molecule has 2 N–H and O–H groups in total. The smallest absolute Gasteiger partial charge is 0.328 e. The fourth-order valence-corrected chi connectivity index (χ4v) is 4.34. The molecule has 0 spiro atoms. The van der Waals surface area contributed by atoms with Crippen molar-refractivity contribution in [3.63, 3.8) is 0 Å². The summed E-state index contributed by atoms with van der Waals surface area (Å²) in [6.07, 6.45) is 3.86. The van der Waals surface area contributed by atoms with E-state index in [0.717, 1.165) is 6.08 Å². The molecule has 0 aliphatic heterocycles. The molecule has 0 fully saturated rings. The summed E-state index contributed by atoms with van der Waals surface area (Å²) >= 11 is 12.5. The summed E-state index contributed by atoms with van der Waals surface area (Å²) in [5, 5.41) is 16.6. The van der Waals surface area contributed by atoms with Gasteiger partial charge in [-0.2, -0.15) is 5.10 Å². The number of alkyl halides is 1. The van der Waals surface area contributed by atoms with Crippen LogP contribution in [-0.2, 0) is 4.79 Å². The van der Waals surface area contributed by atoms with E-state index >= 15 is 4.39 Å². The molecule has 172 valence electrons. The number of allylic oxidation sites excluding steroid dienone is 1. The number of carbonyl (C=O) groups is 1. The molecule has 1 aromatic heterocycles. The van der Waals surface area contributed by atoms with Crippen molar-refractivity contribution in [2.24, 2.45) is 0 Å². The van der Waals surface area contributed by atoms with Crippen LogP contribution in [0.25, 0.3) is 28.1 Å². The van der Waals surface area contributed by atoms with Gasteiger partial charge in [-0.05, 0) is 58.2 Å². The average molecular weight is 499 g/mol. The van der Waals surface area contributed by atoms with E-state index in [4.69, 9.17) is 28.3 Å². The van der Waals surface area contributed by atoms with Gasteiger partial charge in [0.2, 0.25) is 0 Å². The van der Waals surface area contributed by atoms with Crippen molar-refractivity contribution in [2.75, 3.05) is 6.67 Å². The molecule has 0 radical (unpaired) electrons. The van der Waals surface area contributed by atoms with E-state index in [1.807, 2.05) is 0 Å². The Morgan fingerprint density at radius 3 is 2.47 bits per heavy atom. The first-order valence-electron chi connectivity index (χ1n) is 10.3. The minimum Gasteiger partial charge on any atom is -0.478 e. The second-order valence-corrected chi connectivity index (χ2v) is 8.31. The Kier molecular flexibility index (Phi) is 7.10. The maximum atomic E-state index is 15.7. The molecule has 1 heterocycles. The summed E-state index contributed by atoms with van der Waals surface area (Å²) in [4.78, 5) is 10.8. The third-order valence-electron chi connectivity index (χ3n) is 5.35. The van der Waals surface area contributed by atoms with Crippen LogP contribution in [0.5, 0.6) is 0 Å². The number of aromatic amines is 1. The number of aliphatic carboxylic acids is 1. The van der Waals surface area contributed by atoms with Gasteiger partial charge in [0.05, 0.1) is 23.8 Å². The van der Waals surface area contributed by atoms with Crippen molar-refractivity contribution in [2.45, 2.75) is 6.42 Å². The zero-order valence-corrected chi connectivity index (χ0v) is 19.2. The monoisotopic (exact) mass is 498 g/mol. The molecule has 4 nitrogen and oxygen atoms in total. The Labute approximate surface area is 204 Å². The second kappa shape index (κ2) is 10.2. The standard InChI is InChI=1S/C26H18Cl2F2N2O2/c27-17-6-7-18(22(28)13-17)19(11-12-29)25(16-4-1-15(2-5-16)3-10-24(33)34)20-8-9-23-21(26(20)30)14-31-32-23/h1-10,13-14H,11-12H2,(H,31,32)(H,33,34)/b10-3+,25-19+. The van der Waals surface area contributed by atoms with E-state index in [1.165, 1.54) is 12.3 Å². The van der Waals surface area contributed by atoms with Gasteiger partial charge < -0.3 is 5.11 Å². The van der Waals surface area contributed by atoms with Crippen LogP contribution in [0.1, 0.15) is 28.7 Å². The van der Waals surface area contributed by atoms with Gasteiger partial charge in [0.25, 0.3) is 0 Å². The van der Waals surface area contributed by atoms with Crippen LogP contribution < -0.4 is 0 Å². The van der Waals surface area contributed by atoms with Crippen LogP contribution in [0.2, 0.25) is 10.0 Å². The van der Waals surface area contributed by atoms with Crippen LogP contribution >= 0.6 is 23.2 Å². The van der Waals surface area contributed by atoms with E-state index in [0.29, 0.717) is 48.8 Å². The molecular formula is C26H18Cl2F2N2O2. The molecule has 0 atom stereocenters. The van der Waals surface area contributed by atoms with Crippen LogP contribution in [-0.4, -0.2) is 27.9 Å². The van der Waals surface area contributed by atoms with Gasteiger partial charge >= 0.3 is 5.97 Å². The van der Waals surface area contributed by atoms with Crippen LogP contribution in [0.4, 0.5) is 8.78 Å². The molecule has 4 rings (SSSR count). The zero-order chi connectivity index (χ0) is 24.2. The summed E-state index contributed by atoms with van der Waals surface area (Å²) in [6.45, 7) is -0.688. The number of nitrogens with zero attached hydrogens (tertiary/aromatic N) is 1. The Morgan fingerprint density at radius 1 is 1.06 bits per heavy atom. The highest BCUT2D eigenvalue weighted by Gasteiger charge is 2.21. The van der Waals surface area contributed by atoms with Crippen LogP contribution in [0.15, 0.2) is 66.9 Å². The maximum Gasteiger partial charge on any atom is 0.328 e. The third kappa shape index (κ3) is 4.88. The Bertz CT molecular complexity index is 1430. The van der Waals surface area contributed by atoms with Gasteiger partial charge in [0.1, 0.15) is 5.82 Å². The van der Waals surface area contributed by atoms with Gasteiger partial charge in [-0.25, -0.2) is 9.18 Å². The van der Waals surface area contributed by atoms with Crippen LogP contribution in [0.3, 0.4) is 0 Å². The Morgan fingerprint density at radius 2 is 1.79 bits per heavy atom. The van der Waals surface area contributed by atoms with E-state index < -0.39 is 18.5 Å². The molecule has 0 aliphatic rings. The summed E-state index contributed by atoms with van der Waals surface area (Å²) in [5.41, 5.74) is 3.58. The van der Waals surface area contributed by atoms with E-state index in [-0.39, 0.29) is 12.0 Å². The summed E-state index contributed by atoms with van der Waals surface area (Å²) < 4.78 is 29.5. The number of nitrogens with one attached hydrogen (secondary N) is 1. The molecule has 0 bridgehead atoms. The lowest BCUT2D eigenvalue weighted by atomic mass is 9.87. The summed E-state index contributed by atoms with van der Waals surface area (Å²) in [6, 6.07) is 15.1. The highest BCUT2D eigenvalue weighted by molar-refractivity contribution is 6.36. The van der Waals surface area contributed by atoms with Gasteiger partial charge in [-0.15, -0.1) is 0 Å². The fourth-order valence-electron chi connectivity index (χ4n) is 3.82. The predicted octanol–water partition coefficient (Wildman–Crippen LogP) is 7.43. The van der Waals surface area contributed by atoms with Crippen LogP contribution in [0, 0.1) is 5.82 Å². The predicted molar refractivity (Wildman–Crippen MR) is 132 cm³/mol. The van der Waals surface area contributed by atoms with E-state index in [1.54, 1.807) is 54.6 Å². The number of benzene rings is 3. The minimum absolute atomic E-state index is 0.0137. The molecule has 0 saturated heterocycles. The topological polar surface area (TPSA) is 66.0 Å². The largest absolute Gasteiger partial charge is 0.478 e. The second-order valence-electron chi connectivity index (χ2n) is 7.47. The van der Waals surface area contributed by atoms with Crippen molar-refractivity contribution < 1.29 is 18.7 Å². The van der Waals surface area contributed by atoms with Crippen molar-refractivity contribution in [3.05, 3.63) is 105 Å². The molecule has 0 amide bonds. The highest BCUT2D eigenvalue weighted by atomic mass is 35.5. The van der Waals surface area contributed by atoms with Crippen molar-refractivity contribution >= 4 is 57.3 Å².